The highest BCUT2D eigenvalue weighted by atomic mass is 16.2. The predicted octanol–water partition coefficient (Wildman–Crippen LogP) is 4.47. The minimum absolute atomic E-state index is 0.0317. The predicted molar refractivity (Wildman–Crippen MR) is 124 cm³/mol. The van der Waals surface area contributed by atoms with Gasteiger partial charge < -0.3 is 10.2 Å². The summed E-state index contributed by atoms with van der Waals surface area (Å²) >= 11 is 0. The minimum atomic E-state index is -0.226. The number of carbonyl (C=O) groups is 2. The highest BCUT2D eigenvalue weighted by Crippen LogP contribution is 2.32. The number of benzene rings is 3. The average molecular weight is 414 g/mol. The van der Waals surface area contributed by atoms with E-state index < -0.39 is 0 Å². The number of hydrogen-bond acceptors (Lipinski definition) is 3. The topological polar surface area (TPSA) is 52.7 Å². The second-order valence-corrected chi connectivity index (χ2v) is 8.02. The summed E-state index contributed by atoms with van der Waals surface area (Å²) in [7, 11) is 1.97. The van der Waals surface area contributed by atoms with E-state index in [0.717, 1.165) is 16.8 Å². The van der Waals surface area contributed by atoms with Crippen LogP contribution in [0.5, 0.6) is 0 Å². The van der Waals surface area contributed by atoms with Crippen LogP contribution in [0.1, 0.15) is 30.5 Å². The summed E-state index contributed by atoms with van der Waals surface area (Å²) in [6, 6.07) is 27.6. The molecule has 1 aliphatic rings. The Labute approximate surface area is 183 Å². The molecule has 2 amide bonds. The monoisotopic (exact) mass is 413 g/mol. The number of nitrogens with zero attached hydrogens (tertiary/aromatic N) is 2. The molecule has 0 fully saturated rings. The number of anilines is 2. The van der Waals surface area contributed by atoms with Gasteiger partial charge in [-0.2, -0.15) is 0 Å². The van der Waals surface area contributed by atoms with Gasteiger partial charge in [0, 0.05) is 12.5 Å². The van der Waals surface area contributed by atoms with Gasteiger partial charge in [-0.3, -0.25) is 14.5 Å². The molecule has 0 aliphatic carbocycles. The van der Waals surface area contributed by atoms with E-state index in [1.54, 1.807) is 4.90 Å². The molecule has 0 aromatic heterocycles. The van der Waals surface area contributed by atoms with Crippen LogP contribution in [0.25, 0.3) is 0 Å². The Morgan fingerprint density at radius 1 is 0.968 bits per heavy atom. The van der Waals surface area contributed by atoms with Crippen molar-refractivity contribution in [1.29, 1.82) is 0 Å². The van der Waals surface area contributed by atoms with E-state index in [0.29, 0.717) is 5.69 Å². The van der Waals surface area contributed by atoms with Crippen molar-refractivity contribution in [3.8, 4) is 0 Å². The van der Waals surface area contributed by atoms with Crippen LogP contribution in [0, 0.1) is 0 Å². The van der Waals surface area contributed by atoms with Crippen LogP contribution in [0.15, 0.2) is 84.9 Å². The summed E-state index contributed by atoms with van der Waals surface area (Å²) in [6.07, 6.45) is 0.269. The normalized spacial score (nSPS) is 16.1. The van der Waals surface area contributed by atoms with Crippen LogP contribution in [0.4, 0.5) is 11.4 Å². The molecule has 1 atom stereocenters. The highest BCUT2D eigenvalue weighted by molar-refractivity contribution is 6.04. The molecule has 0 saturated heterocycles. The fraction of sp³-hybridized carbons (Fsp3) is 0.231. The number of fused-ring (bicyclic) bond motifs is 1. The van der Waals surface area contributed by atoms with E-state index in [2.05, 4.69) is 34.5 Å². The van der Waals surface area contributed by atoms with E-state index in [4.69, 9.17) is 0 Å². The number of amides is 2. The second-order valence-electron chi connectivity index (χ2n) is 8.02. The van der Waals surface area contributed by atoms with Crippen molar-refractivity contribution in [1.82, 2.24) is 4.90 Å². The van der Waals surface area contributed by atoms with Crippen LogP contribution in [0.3, 0.4) is 0 Å². The van der Waals surface area contributed by atoms with Gasteiger partial charge in [0.25, 0.3) is 0 Å². The summed E-state index contributed by atoms with van der Waals surface area (Å²) in [5, 5.41) is 2.92. The van der Waals surface area contributed by atoms with Crippen molar-refractivity contribution in [2.75, 3.05) is 23.8 Å². The van der Waals surface area contributed by atoms with Crippen molar-refractivity contribution in [2.45, 2.75) is 25.4 Å². The van der Waals surface area contributed by atoms with Crippen LogP contribution >= 0.6 is 0 Å². The zero-order valence-corrected chi connectivity index (χ0v) is 17.9. The summed E-state index contributed by atoms with van der Waals surface area (Å²) in [5.41, 5.74) is 3.68. The first-order chi connectivity index (χ1) is 15.0. The first-order valence-electron chi connectivity index (χ1n) is 10.6. The number of para-hydroxylation sites is 2. The van der Waals surface area contributed by atoms with E-state index in [1.165, 1.54) is 0 Å². The number of carbonyl (C=O) groups excluding carboxylic acids is 2. The Balaban J connectivity index is 1.64. The summed E-state index contributed by atoms with van der Waals surface area (Å²) < 4.78 is 0. The molecular weight excluding hydrogens is 386 g/mol. The smallest absolute Gasteiger partial charge is 0.241 e. The lowest BCUT2D eigenvalue weighted by atomic mass is 9.97. The Hall–Kier alpha value is -3.44. The average Bonchev–Trinajstić information content (AvgIpc) is 2.89. The SMILES string of the molecule is C[C@H]1CC(=O)Nc2ccccc2N1C(=O)CN(C)C(c1ccccc1)c1ccccc1. The minimum Gasteiger partial charge on any atom is -0.324 e. The third-order valence-electron chi connectivity index (χ3n) is 5.68. The molecule has 0 saturated carbocycles. The maximum Gasteiger partial charge on any atom is 0.241 e. The molecule has 3 aromatic carbocycles. The molecule has 0 unspecified atom stereocenters. The maximum atomic E-state index is 13.6. The number of nitrogens with one attached hydrogen (secondary N) is 1. The first-order valence-corrected chi connectivity index (χ1v) is 10.6. The molecule has 158 valence electrons. The Morgan fingerprint density at radius 2 is 1.52 bits per heavy atom. The van der Waals surface area contributed by atoms with E-state index in [9.17, 15) is 9.59 Å². The summed E-state index contributed by atoms with van der Waals surface area (Å²) in [5.74, 6) is -0.106. The molecule has 3 aromatic rings. The Bertz CT molecular complexity index is 1010. The van der Waals surface area contributed by atoms with Crippen molar-refractivity contribution in [2.24, 2.45) is 0 Å². The highest BCUT2D eigenvalue weighted by Gasteiger charge is 2.31. The van der Waals surface area contributed by atoms with Gasteiger partial charge in [0.05, 0.1) is 24.0 Å². The van der Waals surface area contributed by atoms with Crippen molar-refractivity contribution >= 4 is 23.2 Å². The van der Waals surface area contributed by atoms with Gasteiger partial charge in [0.1, 0.15) is 0 Å². The van der Waals surface area contributed by atoms with Crippen molar-refractivity contribution in [3.05, 3.63) is 96.1 Å². The number of rotatable bonds is 5. The van der Waals surface area contributed by atoms with E-state index in [1.807, 2.05) is 74.6 Å². The largest absolute Gasteiger partial charge is 0.324 e. The molecule has 0 bridgehead atoms. The standard InChI is InChI=1S/C26H27N3O2/c1-19-17-24(30)27-22-15-9-10-16-23(22)29(19)25(31)18-28(2)26(20-11-5-3-6-12-20)21-13-7-4-8-14-21/h3-16,19,26H,17-18H2,1-2H3,(H,27,30)/t19-/m0/s1. The van der Waals surface area contributed by atoms with Crippen LogP contribution < -0.4 is 10.2 Å². The summed E-state index contributed by atoms with van der Waals surface area (Å²) in [4.78, 5) is 29.7. The van der Waals surface area contributed by atoms with Gasteiger partial charge >= 0.3 is 0 Å². The molecule has 4 rings (SSSR count). The van der Waals surface area contributed by atoms with Gasteiger partial charge in [0.2, 0.25) is 11.8 Å². The van der Waals surface area contributed by atoms with Crippen molar-refractivity contribution < 1.29 is 9.59 Å². The third-order valence-corrected chi connectivity index (χ3v) is 5.68. The fourth-order valence-electron chi connectivity index (χ4n) is 4.32. The quantitative estimate of drug-likeness (QED) is 0.671. The first kappa shape index (κ1) is 20.8. The molecule has 0 spiro atoms. The zero-order chi connectivity index (χ0) is 21.8. The number of likely N-dealkylation sites (N-methyl/N-ethyl adjacent to an activating group) is 1. The van der Waals surface area contributed by atoms with Crippen LogP contribution in [0.2, 0.25) is 0 Å². The third kappa shape index (κ3) is 4.52. The molecule has 5 nitrogen and oxygen atoms in total. The van der Waals surface area contributed by atoms with Gasteiger partial charge in [-0.1, -0.05) is 72.8 Å². The molecular formula is C26H27N3O2. The molecule has 1 aliphatic heterocycles. The van der Waals surface area contributed by atoms with Crippen LogP contribution in [-0.4, -0.2) is 36.3 Å². The molecule has 31 heavy (non-hydrogen) atoms. The zero-order valence-electron chi connectivity index (χ0n) is 17.9. The Morgan fingerprint density at radius 3 is 2.13 bits per heavy atom. The summed E-state index contributed by atoms with van der Waals surface area (Å²) in [6.45, 7) is 2.15. The van der Waals surface area contributed by atoms with Gasteiger partial charge in [-0.15, -0.1) is 0 Å². The van der Waals surface area contributed by atoms with Gasteiger partial charge in [0.15, 0.2) is 0 Å². The van der Waals surface area contributed by atoms with E-state index >= 15 is 0 Å². The fourth-order valence-corrected chi connectivity index (χ4v) is 4.32. The molecule has 1 N–H and O–H groups in total. The number of hydrogen-bond donors (Lipinski definition) is 1. The second kappa shape index (κ2) is 9.14. The lowest BCUT2D eigenvalue weighted by molar-refractivity contribution is -0.120. The van der Waals surface area contributed by atoms with Gasteiger partial charge in [-0.25, -0.2) is 0 Å². The Kier molecular flexibility index (Phi) is 6.14. The van der Waals surface area contributed by atoms with Gasteiger partial charge in [-0.05, 0) is 37.2 Å². The van der Waals surface area contributed by atoms with E-state index in [-0.39, 0.29) is 36.9 Å². The molecule has 5 heteroatoms. The lowest BCUT2D eigenvalue weighted by Crippen LogP contribution is -2.45. The molecule has 0 radical (unpaired) electrons. The lowest BCUT2D eigenvalue weighted by Gasteiger charge is -2.33. The van der Waals surface area contributed by atoms with Crippen molar-refractivity contribution in [3.63, 3.8) is 0 Å². The van der Waals surface area contributed by atoms with Crippen LogP contribution in [-0.2, 0) is 9.59 Å². The maximum absolute atomic E-state index is 13.6. The molecule has 1 heterocycles.